The second-order valence-electron chi connectivity index (χ2n) is 5.33. The molecule has 1 unspecified atom stereocenters. The van der Waals surface area contributed by atoms with Gasteiger partial charge in [-0.05, 0) is 38.6 Å². The highest BCUT2D eigenvalue weighted by molar-refractivity contribution is 6.04. The van der Waals surface area contributed by atoms with E-state index in [2.05, 4.69) is 4.90 Å². The summed E-state index contributed by atoms with van der Waals surface area (Å²) in [7, 11) is 3.79. The van der Waals surface area contributed by atoms with Gasteiger partial charge >= 0.3 is 5.97 Å². The van der Waals surface area contributed by atoms with E-state index >= 15 is 0 Å². The van der Waals surface area contributed by atoms with Gasteiger partial charge < -0.3 is 14.9 Å². The second kappa shape index (κ2) is 6.05. The van der Waals surface area contributed by atoms with Crippen LogP contribution >= 0.6 is 0 Å². The highest BCUT2D eigenvalue weighted by Crippen LogP contribution is 2.18. The van der Waals surface area contributed by atoms with Gasteiger partial charge in [0.2, 0.25) is 0 Å². The smallest absolute Gasteiger partial charge is 0.336 e. The van der Waals surface area contributed by atoms with Crippen molar-refractivity contribution in [1.82, 2.24) is 9.80 Å². The van der Waals surface area contributed by atoms with E-state index in [0.717, 1.165) is 25.9 Å². The van der Waals surface area contributed by atoms with Gasteiger partial charge in [0.25, 0.3) is 5.91 Å². The van der Waals surface area contributed by atoms with Crippen molar-refractivity contribution in [2.24, 2.45) is 0 Å². The highest BCUT2D eigenvalue weighted by Gasteiger charge is 2.27. The van der Waals surface area contributed by atoms with Crippen molar-refractivity contribution in [3.8, 4) is 0 Å². The van der Waals surface area contributed by atoms with Gasteiger partial charge in [-0.25, -0.2) is 4.79 Å². The fourth-order valence-corrected chi connectivity index (χ4v) is 2.67. The molecular weight excluding hydrogens is 256 g/mol. The Morgan fingerprint density at radius 2 is 1.95 bits per heavy atom. The Balaban J connectivity index is 2.20. The number of likely N-dealkylation sites (tertiary alicyclic amines) is 1. The molecule has 1 aromatic rings. The molecule has 20 heavy (non-hydrogen) atoms. The molecule has 1 fully saturated rings. The number of piperidine rings is 1. The van der Waals surface area contributed by atoms with Crippen molar-refractivity contribution in [1.29, 1.82) is 0 Å². The van der Waals surface area contributed by atoms with Crippen molar-refractivity contribution in [3.05, 3.63) is 35.4 Å². The van der Waals surface area contributed by atoms with E-state index in [-0.39, 0.29) is 23.1 Å². The van der Waals surface area contributed by atoms with Crippen LogP contribution in [0, 0.1) is 0 Å². The molecule has 0 radical (unpaired) electrons. The number of nitrogens with zero attached hydrogens (tertiary/aromatic N) is 2. The molecule has 2 rings (SSSR count). The third kappa shape index (κ3) is 2.99. The van der Waals surface area contributed by atoms with Crippen LogP contribution in [0.2, 0.25) is 0 Å². The summed E-state index contributed by atoms with van der Waals surface area (Å²) < 4.78 is 0. The number of benzene rings is 1. The van der Waals surface area contributed by atoms with Gasteiger partial charge in [-0.15, -0.1) is 0 Å². The molecule has 1 atom stereocenters. The zero-order valence-corrected chi connectivity index (χ0v) is 11.9. The minimum Gasteiger partial charge on any atom is -0.478 e. The van der Waals surface area contributed by atoms with Gasteiger partial charge in [-0.2, -0.15) is 0 Å². The van der Waals surface area contributed by atoms with E-state index in [1.165, 1.54) is 6.07 Å². The van der Waals surface area contributed by atoms with Crippen molar-refractivity contribution in [3.63, 3.8) is 0 Å². The maximum atomic E-state index is 12.5. The largest absolute Gasteiger partial charge is 0.478 e. The van der Waals surface area contributed by atoms with Crippen LogP contribution in [0.4, 0.5) is 0 Å². The third-order valence-electron chi connectivity index (χ3n) is 3.86. The second-order valence-corrected chi connectivity index (χ2v) is 5.33. The molecule has 1 N–H and O–H groups in total. The first-order valence-corrected chi connectivity index (χ1v) is 6.78. The average Bonchev–Trinajstić information content (AvgIpc) is 2.45. The van der Waals surface area contributed by atoms with Crippen molar-refractivity contribution >= 4 is 11.9 Å². The van der Waals surface area contributed by atoms with Gasteiger partial charge in [-0.1, -0.05) is 12.1 Å². The maximum Gasteiger partial charge on any atom is 0.336 e. The van der Waals surface area contributed by atoms with Crippen LogP contribution in [-0.2, 0) is 0 Å². The molecule has 1 amide bonds. The van der Waals surface area contributed by atoms with Gasteiger partial charge in [0, 0.05) is 19.6 Å². The zero-order valence-electron chi connectivity index (χ0n) is 11.9. The maximum absolute atomic E-state index is 12.5. The van der Waals surface area contributed by atoms with Crippen LogP contribution < -0.4 is 0 Å². The van der Waals surface area contributed by atoms with Gasteiger partial charge in [0.05, 0.1) is 11.1 Å². The van der Waals surface area contributed by atoms with Gasteiger partial charge in [-0.3, -0.25) is 4.79 Å². The fourth-order valence-electron chi connectivity index (χ4n) is 2.67. The highest BCUT2D eigenvalue weighted by atomic mass is 16.4. The lowest BCUT2D eigenvalue weighted by Crippen LogP contribution is -2.47. The molecule has 0 aliphatic carbocycles. The van der Waals surface area contributed by atoms with E-state index in [4.69, 9.17) is 5.11 Å². The van der Waals surface area contributed by atoms with Crippen molar-refractivity contribution < 1.29 is 14.7 Å². The van der Waals surface area contributed by atoms with E-state index in [9.17, 15) is 9.59 Å². The molecule has 5 heteroatoms. The first-order valence-electron chi connectivity index (χ1n) is 6.78. The molecule has 1 aliphatic heterocycles. The van der Waals surface area contributed by atoms with Gasteiger partial charge in [0.1, 0.15) is 0 Å². The van der Waals surface area contributed by atoms with E-state index in [1.807, 2.05) is 7.05 Å². The molecule has 5 nitrogen and oxygen atoms in total. The van der Waals surface area contributed by atoms with Crippen LogP contribution in [0.15, 0.2) is 24.3 Å². The summed E-state index contributed by atoms with van der Waals surface area (Å²) in [5, 5.41) is 9.17. The molecule has 0 aromatic heterocycles. The average molecular weight is 276 g/mol. The van der Waals surface area contributed by atoms with Crippen LogP contribution in [-0.4, -0.2) is 60.0 Å². The quantitative estimate of drug-likeness (QED) is 0.910. The molecule has 108 valence electrons. The summed E-state index contributed by atoms with van der Waals surface area (Å²) in [5.41, 5.74) is 0.323. The number of hydrogen-bond donors (Lipinski definition) is 1. The van der Waals surface area contributed by atoms with E-state index in [0.29, 0.717) is 0 Å². The fraction of sp³-hybridized carbons (Fsp3) is 0.467. The third-order valence-corrected chi connectivity index (χ3v) is 3.86. The van der Waals surface area contributed by atoms with Crippen LogP contribution in [0.1, 0.15) is 33.6 Å². The Bertz CT molecular complexity index is 516. The Kier molecular flexibility index (Phi) is 4.39. The Morgan fingerprint density at radius 1 is 1.30 bits per heavy atom. The number of hydrogen-bond acceptors (Lipinski definition) is 3. The summed E-state index contributed by atoms with van der Waals surface area (Å²) in [5.74, 6) is -1.29. The van der Waals surface area contributed by atoms with Crippen LogP contribution in [0.5, 0.6) is 0 Å². The lowest BCUT2D eigenvalue weighted by Gasteiger charge is -2.36. The summed E-state index contributed by atoms with van der Waals surface area (Å²) in [6.45, 7) is 1.88. The number of likely N-dealkylation sites (N-methyl/N-ethyl adjacent to an activating group) is 2. The Hall–Kier alpha value is -1.88. The monoisotopic (exact) mass is 276 g/mol. The number of carbonyl (C=O) groups excluding carboxylic acids is 1. The Morgan fingerprint density at radius 3 is 2.55 bits per heavy atom. The molecule has 0 saturated carbocycles. The number of carbonyl (C=O) groups is 2. The summed E-state index contributed by atoms with van der Waals surface area (Å²) >= 11 is 0. The first-order chi connectivity index (χ1) is 9.50. The molecule has 1 saturated heterocycles. The lowest BCUT2D eigenvalue weighted by atomic mass is 10.0. The lowest BCUT2D eigenvalue weighted by molar-refractivity contribution is 0.0621. The summed E-state index contributed by atoms with van der Waals surface area (Å²) in [4.78, 5) is 27.6. The SMILES string of the molecule is CN1CCCC(N(C)C(=O)c2ccccc2C(=O)O)C1. The summed E-state index contributed by atoms with van der Waals surface area (Å²) in [6.07, 6.45) is 2.02. The van der Waals surface area contributed by atoms with E-state index in [1.54, 1.807) is 30.1 Å². The zero-order chi connectivity index (χ0) is 14.7. The Labute approximate surface area is 118 Å². The topological polar surface area (TPSA) is 60.9 Å². The van der Waals surface area contributed by atoms with E-state index < -0.39 is 5.97 Å². The number of rotatable bonds is 3. The van der Waals surface area contributed by atoms with Gasteiger partial charge in [0.15, 0.2) is 0 Å². The molecule has 1 aliphatic rings. The van der Waals surface area contributed by atoms with Crippen molar-refractivity contribution in [2.45, 2.75) is 18.9 Å². The predicted molar refractivity (Wildman–Crippen MR) is 76.0 cm³/mol. The molecule has 0 bridgehead atoms. The molecule has 0 spiro atoms. The minimum absolute atomic E-state index is 0.0634. The van der Waals surface area contributed by atoms with Crippen molar-refractivity contribution in [2.75, 3.05) is 27.2 Å². The predicted octanol–water partition coefficient (Wildman–Crippen LogP) is 1.55. The number of carboxylic acids is 1. The summed E-state index contributed by atoms with van der Waals surface area (Å²) in [6, 6.07) is 6.52. The molecule has 1 heterocycles. The number of carboxylic acid groups (broad SMARTS) is 1. The standard InChI is InChI=1S/C15H20N2O3/c1-16-9-5-6-11(10-16)17(2)14(18)12-7-3-4-8-13(12)15(19)20/h3-4,7-8,11H,5-6,9-10H2,1-2H3,(H,19,20). The normalized spacial score (nSPS) is 19.6. The van der Waals surface area contributed by atoms with Crippen LogP contribution in [0.25, 0.3) is 0 Å². The van der Waals surface area contributed by atoms with Crippen LogP contribution in [0.3, 0.4) is 0 Å². The minimum atomic E-state index is -1.07. The number of amides is 1. The number of aromatic carboxylic acids is 1. The molecular formula is C15H20N2O3. The first kappa shape index (κ1) is 14.5. The molecule has 1 aromatic carbocycles.